The molecule has 2 aromatic heterocycles. The van der Waals surface area contributed by atoms with Gasteiger partial charge in [-0.05, 0) is 6.07 Å². The predicted octanol–water partition coefficient (Wildman–Crippen LogP) is 1.02. The van der Waals surface area contributed by atoms with Gasteiger partial charge in [-0.3, -0.25) is 4.79 Å². The Kier molecular flexibility index (Phi) is 5.16. The quantitative estimate of drug-likeness (QED) is 0.869. The van der Waals surface area contributed by atoms with E-state index in [0.717, 1.165) is 0 Å². The summed E-state index contributed by atoms with van der Waals surface area (Å²) in [6.45, 7) is 2.18. The summed E-state index contributed by atoms with van der Waals surface area (Å²) < 4.78 is 7.20. The van der Waals surface area contributed by atoms with Crippen LogP contribution in [0.5, 0.6) is 0 Å². The number of nitrogens with zero attached hydrogens (tertiary/aromatic N) is 5. The molecule has 0 spiro atoms. The van der Waals surface area contributed by atoms with Crippen molar-refractivity contribution in [2.45, 2.75) is 6.10 Å². The smallest absolute Gasteiger partial charge is 0.293 e. The zero-order valence-corrected chi connectivity index (χ0v) is 14.4. The summed E-state index contributed by atoms with van der Waals surface area (Å²) >= 11 is 6.23. The van der Waals surface area contributed by atoms with Gasteiger partial charge in [0.1, 0.15) is 11.9 Å². The maximum absolute atomic E-state index is 12.0. The van der Waals surface area contributed by atoms with E-state index >= 15 is 0 Å². The topological polar surface area (TPSA) is 96.1 Å². The lowest BCUT2D eigenvalue weighted by Crippen LogP contribution is -2.46. The van der Waals surface area contributed by atoms with E-state index in [9.17, 15) is 4.79 Å². The number of nitrogens with one attached hydrogen (secondary N) is 1. The van der Waals surface area contributed by atoms with Crippen LogP contribution in [0.4, 0.5) is 11.6 Å². The molecule has 0 saturated carbocycles. The van der Waals surface area contributed by atoms with Gasteiger partial charge < -0.3 is 19.5 Å². The minimum absolute atomic E-state index is 0.144. The number of pyridine rings is 1. The molecule has 3 heterocycles. The van der Waals surface area contributed by atoms with Crippen molar-refractivity contribution in [1.82, 2.24) is 14.5 Å². The van der Waals surface area contributed by atoms with Crippen LogP contribution in [-0.4, -0.2) is 46.9 Å². The molecule has 1 fully saturated rings. The molecule has 0 unspecified atom stereocenters. The maximum atomic E-state index is 12.0. The maximum Gasteiger partial charge on any atom is 0.293 e. The summed E-state index contributed by atoms with van der Waals surface area (Å²) in [4.78, 5) is 22.3. The number of aromatic nitrogens is 3. The third-order valence-corrected chi connectivity index (χ3v) is 4.18. The normalized spacial score (nSPS) is 17.2. The van der Waals surface area contributed by atoms with E-state index in [1.165, 1.54) is 10.8 Å². The van der Waals surface area contributed by atoms with Crippen molar-refractivity contribution in [3.8, 4) is 6.07 Å². The van der Waals surface area contributed by atoms with Crippen LogP contribution >= 0.6 is 11.6 Å². The number of ether oxygens (including phenoxy) is 1. The lowest BCUT2D eigenvalue weighted by molar-refractivity contribution is 0.0489. The van der Waals surface area contributed by atoms with Gasteiger partial charge >= 0.3 is 0 Å². The highest BCUT2D eigenvalue weighted by Gasteiger charge is 2.23. The Morgan fingerprint density at radius 3 is 3.12 bits per heavy atom. The van der Waals surface area contributed by atoms with E-state index in [0.29, 0.717) is 48.5 Å². The molecule has 1 atom stereocenters. The first-order chi connectivity index (χ1) is 12.1. The molecule has 3 rings (SSSR count). The Morgan fingerprint density at radius 1 is 1.52 bits per heavy atom. The highest BCUT2D eigenvalue weighted by atomic mass is 35.5. The molecule has 0 aromatic carbocycles. The lowest BCUT2D eigenvalue weighted by Gasteiger charge is -2.34. The lowest BCUT2D eigenvalue weighted by atomic mass is 10.2. The fourth-order valence-electron chi connectivity index (χ4n) is 2.59. The van der Waals surface area contributed by atoms with E-state index in [1.54, 1.807) is 25.5 Å². The summed E-state index contributed by atoms with van der Waals surface area (Å²) in [5.74, 6) is 0.919. The van der Waals surface area contributed by atoms with Crippen molar-refractivity contribution >= 4 is 23.2 Å². The first kappa shape index (κ1) is 17.2. The van der Waals surface area contributed by atoms with E-state index < -0.39 is 0 Å². The average Bonchev–Trinajstić information content (AvgIpc) is 2.63. The Morgan fingerprint density at radius 2 is 2.36 bits per heavy atom. The molecule has 25 heavy (non-hydrogen) atoms. The molecule has 1 N–H and O–H groups in total. The molecule has 0 radical (unpaired) electrons. The molecule has 1 aliphatic heterocycles. The van der Waals surface area contributed by atoms with Gasteiger partial charge in [0.05, 0.1) is 23.3 Å². The number of morpholine rings is 1. The van der Waals surface area contributed by atoms with Crippen molar-refractivity contribution in [2.75, 3.05) is 36.5 Å². The van der Waals surface area contributed by atoms with Gasteiger partial charge in [0.25, 0.3) is 5.56 Å². The Bertz CT molecular complexity index is 862. The van der Waals surface area contributed by atoms with E-state index in [-0.39, 0.29) is 11.7 Å². The summed E-state index contributed by atoms with van der Waals surface area (Å²) in [5.41, 5.74) is 0.234. The van der Waals surface area contributed by atoms with Crippen molar-refractivity contribution in [2.24, 2.45) is 7.05 Å². The number of rotatable bonds is 4. The molecule has 0 bridgehead atoms. The first-order valence-corrected chi connectivity index (χ1v) is 8.14. The second-order valence-corrected chi connectivity index (χ2v) is 6.06. The Balaban J connectivity index is 1.66. The highest BCUT2D eigenvalue weighted by Crippen LogP contribution is 2.25. The van der Waals surface area contributed by atoms with Crippen LogP contribution in [0.15, 0.2) is 29.5 Å². The molecule has 1 aliphatic rings. The molecule has 9 heteroatoms. The van der Waals surface area contributed by atoms with Crippen LogP contribution in [0, 0.1) is 11.3 Å². The third kappa shape index (κ3) is 3.90. The minimum atomic E-state index is -0.188. The second kappa shape index (κ2) is 7.51. The van der Waals surface area contributed by atoms with Gasteiger partial charge in [0, 0.05) is 45.3 Å². The minimum Gasteiger partial charge on any atom is -0.373 e. The molecular formula is C16H17ClN6O2. The van der Waals surface area contributed by atoms with Crippen LogP contribution < -0.4 is 15.8 Å². The SMILES string of the molecule is Cn1ccnc(NC[C@H]2CN(c3ncc(C#N)cc3Cl)CCO2)c1=O. The number of hydrogen-bond acceptors (Lipinski definition) is 7. The van der Waals surface area contributed by atoms with Crippen LogP contribution in [-0.2, 0) is 11.8 Å². The summed E-state index contributed by atoms with van der Waals surface area (Å²) in [6.07, 6.45) is 4.53. The fraction of sp³-hybridized carbons (Fsp3) is 0.375. The zero-order valence-electron chi connectivity index (χ0n) is 13.6. The number of anilines is 2. The van der Waals surface area contributed by atoms with Gasteiger partial charge in [0.15, 0.2) is 5.82 Å². The van der Waals surface area contributed by atoms with Gasteiger partial charge in [-0.2, -0.15) is 5.26 Å². The van der Waals surface area contributed by atoms with Crippen molar-refractivity contribution < 1.29 is 4.74 Å². The molecule has 0 amide bonds. The standard InChI is InChI=1S/C16H17ClN6O2/c1-22-3-2-19-14(16(22)24)20-9-12-10-23(4-5-25-12)15-13(17)6-11(7-18)8-21-15/h2-3,6,8,12H,4-5,9-10H2,1H3,(H,19,20)/t12-/m0/s1. The number of aryl methyl sites for hydroxylation is 1. The average molecular weight is 361 g/mol. The zero-order chi connectivity index (χ0) is 17.8. The van der Waals surface area contributed by atoms with Crippen LogP contribution in [0.1, 0.15) is 5.56 Å². The number of nitriles is 1. The molecule has 1 saturated heterocycles. The molecule has 0 aliphatic carbocycles. The molecule has 2 aromatic rings. The van der Waals surface area contributed by atoms with Gasteiger partial charge in [-0.25, -0.2) is 9.97 Å². The number of halogens is 1. The van der Waals surface area contributed by atoms with Gasteiger partial charge in [-0.1, -0.05) is 11.6 Å². The Hall–Kier alpha value is -2.63. The molecule has 8 nitrogen and oxygen atoms in total. The van der Waals surface area contributed by atoms with Crippen LogP contribution in [0.3, 0.4) is 0 Å². The van der Waals surface area contributed by atoms with E-state index in [2.05, 4.69) is 15.3 Å². The highest BCUT2D eigenvalue weighted by molar-refractivity contribution is 6.33. The number of hydrogen-bond donors (Lipinski definition) is 1. The monoisotopic (exact) mass is 360 g/mol. The molecular weight excluding hydrogens is 344 g/mol. The van der Waals surface area contributed by atoms with Crippen molar-refractivity contribution in [1.29, 1.82) is 5.26 Å². The van der Waals surface area contributed by atoms with Crippen molar-refractivity contribution in [3.05, 3.63) is 45.6 Å². The summed E-state index contributed by atoms with van der Waals surface area (Å²) in [6, 6.07) is 3.62. The van der Waals surface area contributed by atoms with Crippen molar-refractivity contribution in [3.63, 3.8) is 0 Å². The third-order valence-electron chi connectivity index (χ3n) is 3.90. The Labute approximate surface area is 149 Å². The van der Waals surface area contributed by atoms with E-state index in [1.807, 2.05) is 11.0 Å². The van der Waals surface area contributed by atoms with Crippen LogP contribution in [0.25, 0.3) is 0 Å². The van der Waals surface area contributed by atoms with Crippen LogP contribution in [0.2, 0.25) is 5.02 Å². The van der Waals surface area contributed by atoms with Gasteiger partial charge in [-0.15, -0.1) is 0 Å². The van der Waals surface area contributed by atoms with E-state index in [4.69, 9.17) is 21.6 Å². The second-order valence-electron chi connectivity index (χ2n) is 5.65. The summed E-state index contributed by atoms with van der Waals surface area (Å²) in [7, 11) is 1.67. The summed E-state index contributed by atoms with van der Waals surface area (Å²) in [5, 5.41) is 12.4. The largest absolute Gasteiger partial charge is 0.373 e. The fourth-order valence-corrected chi connectivity index (χ4v) is 2.88. The van der Waals surface area contributed by atoms with Gasteiger partial charge in [0.2, 0.25) is 0 Å². The predicted molar refractivity (Wildman–Crippen MR) is 93.9 cm³/mol. The first-order valence-electron chi connectivity index (χ1n) is 7.76. The molecule has 130 valence electrons.